The standard InChI is InChI=1S/C20H31NO2/c1-5-23-18-10-8-16(9-11-18)6-7-17-12-14-21(15-13-17)19(22)20(2,3)4/h8-11,17H,5-7,12-15H2,1-4H3. The van der Waals surface area contributed by atoms with Gasteiger partial charge < -0.3 is 9.64 Å². The summed E-state index contributed by atoms with van der Waals surface area (Å²) in [5, 5.41) is 0. The van der Waals surface area contributed by atoms with E-state index in [1.807, 2.05) is 32.6 Å². The van der Waals surface area contributed by atoms with Gasteiger partial charge in [-0.25, -0.2) is 0 Å². The quantitative estimate of drug-likeness (QED) is 0.810. The number of ether oxygens (including phenoxy) is 1. The molecule has 0 bridgehead atoms. The van der Waals surface area contributed by atoms with Gasteiger partial charge in [0.25, 0.3) is 0 Å². The normalized spacial score (nSPS) is 16.4. The average Bonchev–Trinajstić information content (AvgIpc) is 2.53. The minimum atomic E-state index is -0.255. The Morgan fingerprint density at radius 3 is 2.30 bits per heavy atom. The molecule has 128 valence electrons. The van der Waals surface area contributed by atoms with Crippen molar-refractivity contribution in [2.24, 2.45) is 11.3 Å². The van der Waals surface area contributed by atoms with Crippen LogP contribution in [-0.2, 0) is 11.2 Å². The number of benzene rings is 1. The summed E-state index contributed by atoms with van der Waals surface area (Å²) in [5.41, 5.74) is 1.12. The first-order valence-corrected chi connectivity index (χ1v) is 8.91. The summed E-state index contributed by atoms with van der Waals surface area (Å²) in [5.74, 6) is 1.98. The highest BCUT2D eigenvalue weighted by molar-refractivity contribution is 5.81. The van der Waals surface area contributed by atoms with Crippen molar-refractivity contribution in [2.75, 3.05) is 19.7 Å². The zero-order valence-corrected chi connectivity index (χ0v) is 15.1. The van der Waals surface area contributed by atoms with Crippen LogP contribution < -0.4 is 4.74 Å². The molecule has 3 nitrogen and oxygen atoms in total. The van der Waals surface area contributed by atoms with Crippen molar-refractivity contribution < 1.29 is 9.53 Å². The number of amides is 1. The molecule has 0 spiro atoms. The maximum absolute atomic E-state index is 12.3. The summed E-state index contributed by atoms with van der Waals surface area (Å²) in [6, 6.07) is 8.46. The molecule has 2 rings (SSSR count). The monoisotopic (exact) mass is 317 g/mol. The molecule has 1 aliphatic heterocycles. The largest absolute Gasteiger partial charge is 0.494 e. The van der Waals surface area contributed by atoms with Crippen LogP contribution in [0.1, 0.15) is 52.5 Å². The number of likely N-dealkylation sites (tertiary alicyclic amines) is 1. The minimum Gasteiger partial charge on any atom is -0.494 e. The Labute approximate surface area is 141 Å². The Morgan fingerprint density at radius 1 is 1.17 bits per heavy atom. The van der Waals surface area contributed by atoms with E-state index in [4.69, 9.17) is 4.74 Å². The van der Waals surface area contributed by atoms with Crippen molar-refractivity contribution in [3.8, 4) is 5.75 Å². The zero-order valence-electron chi connectivity index (χ0n) is 15.1. The van der Waals surface area contributed by atoms with Crippen molar-refractivity contribution in [1.29, 1.82) is 0 Å². The molecule has 1 heterocycles. The molecule has 0 aliphatic carbocycles. The number of piperidine rings is 1. The van der Waals surface area contributed by atoms with Crippen molar-refractivity contribution in [3.05, 3.63) is 29.8 Å². The van der Waals surface area contributed by atoms with Crippen LogP contribution in [0, 0.1) is 11.3 Å². The fraction of sp³-hybridized carbons (Fsp3) is 0.650. The molecular weight excluding hydrogens is 286 g/mol. The van der Waals surface area contributed by atoms with Crippen LogP contribution in [0.15, 0.2) is 24.3 Å². The number of rotatable bonds is 5. The molecule has 1 aromatic rings. The minimum absolute atomic E-state index is 0.255. The zero-order chi connectivity index (χ0) is 16.9. The first kappa shape index (κ1) is 17.8. The van der Waals surface area contributed by atoms with Crippen molar-refractivity contribution >= 4 is 5.91 Å². The Balaban J connectivity index is 1.75. The van der Waals surface area contributed by atoms with E-state index in [2.05, 4.69) is 24.3 Å². The second-order valence-electron chi connectivity index (χ2n) is 7.60. The predicted octanol–water partition coefficient (Wildman–Crippen LogP) is 4.30. The van der Waals surface area contributed by atoms with Crippen LogP contribution >= 0.6 is 0 Å². The van der Waals surface area contributed by atoms with Crippen molar-refractivity contribution in [2.45, 2.75) is 53.4 Å². The molecule has 0 atom stereocenters. The van der Waals surface area contributed by atoms with Gasteiger partial charge in [0.15, 0.2) is 0 Å². The Kier molecular flexibility index (Phi) is 6.09. The Bertz CT molecular complexity index is 493. The molecule has 0 radical (unpaired) electrons. The summed E-state index contributed by atoms with van der Waals surface area (Å²) < 4.78 is 5.48. The van der Waals surface area contributed by atoms with Gasteiger partial charge in [-0.05, 0) is 56.2 Å². The summed E-state index contributed by atoms with van der Waals surface area (Å²) in [4.78, 5) is 14.4. The number of hydrogen-bond acceptors (Lipinski definition) is 2. The second kappa shape index (κ2) is 7.85. The predicted molar refractivity (Wildman–Crippen MR) is 94.7 cm³/mol. The lowest BCUT2D eigenvalue weighted by molar-refractivity contribution is -0.140. The third kappa shape index (κ3) is 5.26. The molecule has 0 N–H and O–H groups in total. The van der Waals surface area contributed by atoms with Crippen LogP contribution in [0.3, 0.4) is 0 Å². The molecule has 0 saturated carbocycles. The average molecular weight is 317 g/mol. The van der Waals surface area contributed by atoms with Gasteiger partial charge in [-0.2, -0.15) is 0 Å². The smallest absolute Gasteiger partial charge is 0.227 e. The highest BCUT2D eigenvalue weighted by atomic mass is 16.5. The van der Waals surface area contributed by atoms with Crippen LogP contribution in [0.25, 0.3) is 0 Å². The van der Waals surface area contributed by atoms with Crippen LogP contribution in [-0.4, -0.2) is 30.5 Å². The van der Waals surface area contributed by atoms with Crippen LogP contribution in [0.5, 0.6) is 5.75 Å². The topological polar surface area (TPSA) is 29.5 Å². The summed E-state index contributed by atoms with van der Waals surface area (Å²) in [6.07, 6.45) is 4.60. The molecular formula is C20H31NO2. The van der Waals surface area contributed by atoms with Gasteiger partial charge in [-0.3, -0.25) is 4.79 Å². The lowest BCUT2D eigenvalue weighted by atomic mass is 9.88. The molecule has 1 saturated heterocycles. The first-order chi connectivity index (χ1) is 10.9. The van der Waals surface area contributed by atoms with Gasteiger partial charge in [-0.15, -0.1) is 0 Å². The molecule has 1 fully saturated rings. The molecule has 1 aliphatic rings. The van der Waals surface area contributed by atoms with Gasteiger partial charge in [0, 0.05) is 18.5 Å². The van der Waals surface area contributed by atoms with E-state index >= 15 is 0 Å². The Morgan fingerprint density at radius 2 is 1.78 bits per heavy atom. The highest BCUT2D eigenvalue weighted by Crippen LogP contribution is 2.26. The van der Waals surface area contributed by atoms with Gasteiger partial charge in [0.05, 0.1) is 6.61 Å². The number of nitrogens with zero attached hydrogens (tertiary/aromatic N) is 1. The SMILES string of the molecule is CCOc1ccc(CCC2CCN(C(=O)C(C)(C)C)CC2)cc1. The van der Waals surface area contributed by atoms with Gasteiger partial charge in [-0.1, -0.05) is 32.9 Å². The Hall–Kier alpha value is -1.51. The number of carbonyl (C=O) groups is 1. The molecule has 0 aromatic heterocycles. The van der Waals surface area contributed by atoms with E-state index in [0.29, 0.717) is 12.5 Å². The number of aryl methyl sites for hydroxylation is 1. The first-order valence-electron chi connectivity index (χ1n) is 8.91. The fourth-order valence-electron chi connectivity index (χ4n) is 3.19. The molecule has 1 amide bonds. The van der Waals surface area contributed by atoms with Crippen molar-refractivity contribution in [1.82, 2.24) is 4.90 Å². The van der Waals surface area contributed by atoms with Gasteiger partial charge in [0.2, 0.25) is 5.91 Å². The second-order valence-corrected chi connectivity index (χ2v) is 7.60. The summed E-state index contributed by atoms with van der Waals surface area (Å²) >= 11 is 0. The third-order valence-electron chi connectivity index (χ3n) is 4.62. The van der Waals surface area contributed by atoms with Crippen molar-refractivity contribution in [3.63, 3.8) is 0 Å². The molecule has 23 heavy (non-hydrogen) atoms. The lowest BCUT2D eigenvalue weighted by Crippen LogP contribution is -2.44. The molecule has 0 unspecified atom stereocenters. The third-order valence-corrected chi connectivity index (χ3v) is 4.62. The summed E-state index contributed by atoms with van der Waals surface area (Å²) in [7, 11) is 0. The maximum Gasteiger partial charge on any atom is 0.227 e. The number of hydrogen-bond donors (Lipinski definition) is 0. The highest BCUT2D eigenvalue weighted by Gasteiger charge is 2.30. The maximum atomic E-state index is 12.3. The van der Waals surface area contributed by atoms with E-state index in [0.717, 1.165) is 44.0 Å². The number of carbonyl (C=O) groups excluding carboxylic acids is 1. The summed E-state index contributed by atoms with van der Waals surface area (Å²) in [6.45, 7) is 10.6. The van der Waals surface area contributed by atoms with E-state index in [-0.39, 0.29) is 5.41 Å². The van der Waals surface area contributed by atoms with E-state index in [1.54, 1.807) is 0 Å². The van der Waals surface area contributed by atoms with Gasteiger partial charge >= 0.3 is 0 Å². The fourth-order valence-corrected chi connectivity index (χ4v) is 3.19. The molecule has 3 heteroatoms. The van der Waals surface area contributed by atoms with E-state index in [1.165, 1.54) is 12.0 Å². The van der Waals surface area contributed by atoms with E-state index < -0.39 is 0 Å². The van der Waals surface area contributed by atoms with Crippen LogP contribution in [0.2, 0.25) is 0 Å². The molecule has 1 aromatic carbocycles. The lowest BCUT2D eigenvalue weighted by Gasteiger charge is -2.35. The van der Waals surface area contributed by atoms with Crippen LogP contribution in [0.4, 0.5) is 0 Å². The van der Waals surface area contributed by atoms with Gasteiger partial charge in [0.1, 0.15) is 5.75 Å². The van der Waals surface area contributed by atoms with E-state index in [9.17, 15) is 4.79 Å².